The molecule has 1 fully saturated rings. The summed E-state index contributed by atoms with van der Waals surface area (Å²) in [6.07, 6.45) is 3.22. The Bertz CT molecular complexity index is 1090. The Morgan fingerprint density at radius 1 is 1.03 bits per heavy atom. The van der Waals surface area contributed by atoms with Gasteiger partial charge in [0.25, 0.3) is 5.91 Å². The highest BCUT2D eigenvalue weighted by molar-refractivity contribution is 6.33. The summed E-state index contributed by atoms with van der Waals surface area (Å²) < 4.78 is 2.03. The lowest BCUT2D eigenvalue weighted by molar-refractivity contribution is 0.0717. The van der Waals surface area contributed by atoms with E-state index in [9.17, 15) is 4.79 Å². The zero-order valence-electron chi connectivity index (χ0n) is 18.4. The Labute approximate surface area is 199 Å². The van der Waals surface area contributed by atoms with Crippen LogP contribution in [0.5, 0.6) is 0 Å². The van der Waals surface area contributed by atoms with Gasteiger partial charge in [-0.1, -0.05) is 49.2 Å². The van der Waals surface area contributed by atoms with Crippen molar-refractivity contribution >= 4 is 29.1 Å². The van der Waals surface area contributed by atoms with Crippen LogP contribution in [-0.4, -0.2) is 39.5 Å². The van der Waals surface area contributed by atoms with Crippen LogP contribution < -0.4 is 5.32 Å². The fourth-order valence-corrected chi connectivity index (χ4v) is 4.37. The van der Waals surface area contributed by atoms with Crippen LogP contribution in [0, 0.1) is 0 Å². The molecule has 0 radical (unpaired) electrons. The summed E-state index contributed by atoms with van der Waals surface area (Å²) in [6.45, 7) is 6.22. The van der Waals surface area contributed by atoms with Crippen LogP contribution in [0.25, 0.3) is 17.1 Å². The van der Waals surface area contributed by atoms with Gasteiger partial charge in [0.1, 0.15) is 5.82 Å². The maximum absolute atomic E-state index is 13.6. The monoisotopic (exact) mass is 470 g/mol. The molecule has 5 nitrogen and oxygen atoms in total. The Kier molecular flexibility index (Phi) is 7.19. The second-order valence-electron chi connectivity index (χ2n) is 8.41. The molecule has 1 N–H and O–H groups in total. The summed E-state index contributed by atoms with van der Waals surface area (Å²) in [4.78, 5) is 20.4. The van der Waals surface area contributed by atoms with Crippen molar-refractivity contribution in [1.29, 1.82) is 0 Å². The number of hydrogen-bond acceptors (Lipinski definition) is 3. The van der Waals surface area contributed by atoms with Crippen LogP contribution in [0.4, 0.5) is 0 Å². The second kappa shape index (κ2) is 10.1. The van der Waals surface area contributed by atoms with Crippen LogP contribution in [0.2, 0.25) is 10.0 Å². The molecule has 1 aromatic heterocycles. The Hall–Kier alpha value is -2.34. The van der Waals surface area contributed by atoms with Gasteiger partial charge in [-0.3, -0.25) is 9.36 Å². The number of likely N-dealkylation sites (tertiary alicyclic amines) is 1. The van der Waals surface area contributed by atoms with Crippen molar-refractivity contribution in [3.8, 4) is 17.1 Å². The number of carbonyl (C=O) groups excluding carboxylic acids is 1. The zero-order chi connectivity index (χ0) is 22.7. The quantitative estimate of drug-likeness (QED) is 0.482. The van der Waals surface area contributed by atoms with E-state index in [0.717, 1.165) is 49.3 Å². The van der Waals surface area contributed by atoms with E-state index in [1.807, 2.05) is 58.0 Å². The minimum atomic E-state index is -0.0220. The molecule has 1 saturated heterocycles. The van der Waals surface area contributed by atoms with Crippen LogP contribution >= 0.6 is 23.2 Å². The standard InChI is InChI=1S/C25H28Cl2N4O/c1-17(2)28-16-22-23(25(32)30-14-6-3-7-15-30)29-24(20-8-4-5-9-21(20)27)31(22)19-12-10-18(26)11-13-19/h4-5,8-13,17,28H,3,6-7,14-16H2,1-2H3. The van der Waals surface area contributed by atoms with Crippen LogP contribution in [0.1, 0.15) is 49.3 Å². The normalized spacial score (nSPS) is 14.2. The van der Waals surface area contributed by atoms with Gasteiger partial charge in [0.2, 0.25) is 0 Å². The van der Waals surface area contributed by atoms with Crippen LogP contribution in [0.15, 0.2) is 48.5 Å². The number of amides is 1. The summed E-state index contributed by atoms with van der Waals surface area (Å²) in [5.74, 6) is 0.630. The van der Waals surface area contributed by atoms with E-state index in [-0.39, 0.29) is 11.9 Å². The Morgan fingerprint density at radius 2 is 1.72 bits per heavy atom. The van der Waals surface area contributed by atoms with Crippen molar-refractivity contribution in [1.82, 2.24) is 19.8 Å². The number of piperidine rings is 1. The van der Waals surface area contributed by atoms with Crippen molar-refractivity contribution in [2.45, 2.75) is 45.7 Å². The average molecular weight is 471 g/mol. The smallest absolute Gasteiger partial charge is 0.274 e. The highest BCUT2D eigenvalue weighted by Crippen LogP contribution is 2.33. The lowest BCUT2D eigenvalue weighted by Gasteiger charge is -2.26. The first-order valence-electron chi connectivity index (χ1n) is 11.1. The minimum Gasteiger partial charge on any atom is -0.337 e. The lowest BCUT2D eigenvalue weighted by atomic mass is 10.1. The highest BCUT2D eigenvalue weighted by Gasteiger charge is 2.28. The van der Waals surface area contributed by atoms with Crippen molar-refractivity contribution < 1.29 is 4.79 Å². The summed E-state index contributed by atoms with van der Waals surface area (Å²) in [5.41, 5.74) is 2.97. The first-order chi connectivity index (χ1) is 15.5. The van der Waals surface area contributed by atoms with Gasteiger partial charge in [-0.15, -0.1) is 0 Å². The van der Waals surface area contributed by atoms with Crippen molar-refractivity contribution in [2.24, 2.45) is 0 Å². The molecule has 0 spiro atoms. The maximum atomic E-state index is 13.6. The predicted molar refractivity (Wildman–Crippen MR) is 131 cm³/mol. The fourth-order valence-electron chi connectivity index (χ4n) is 4.03. The molecule has 7 heteroatoms. The van der Waals surface area contributed by atoms with Gasteiger partial charge >= 0.3 is 0 Å². The lowest BCUT2D eigenvalue weighted by Crippen LogP contribution is -2.37. The third-order valence-electron chi connectivity index (χ3n) is 5.70. The van der Waals surface area contributed by atoms with Gasteiger partial charge in [0, 0.05) is 41.9 Å². The average Bonchev–Trinajstić information content (AvgIpc) is 3.17. The van der Waals surface area contributed by atoms with E-state index in [1.54, 1.807) is 0 Å². The van der Waals surface area contributed by atoms with Gasteiger partial charge in [0.05, 0.1) is 10.7 Å². The molecule has 32 heavy (non-hydrogen) atoms. The number of hydrogen-bond donors (Lipinski definition) is 1. The minimum absolute atomic E-state index is 0.0220. The van der Waals surface area contributed by atoms with Crippen molar-refractivity contribution in [3.05, 3.63) is 70.0 Å². The number of rotatable bonds is 6. The van der Waals surface area contributed by atoms with Gasteiger partial charge in [-0.2, -0.15) is 0 Å². The summed E-state index contributed by atoms with van der Waals surface area (Å²) in [5, 5.41) is 4.71. The first kappa shape index (κ1) is 22.8. The van der Waals surface area contributed by atoms with E-state index < -0.39 is 0 Å². The number of carbonyl (C=O) groups is 1. The Balaban J connectivity index is 1.92. The fraction of sp³-hybridized carbons (Fsp3) is 0.360. The molecule has 0 aliphatic carbocycles. The molecule has 0 unspecified atom stereocenters. The maximum Gasteiger partial charge on any atom is 0.274 e. The largest absolute Gasteiger partial charge is 0.337 e. The van der Waals surface area contributed by atoms with Gasteiger partial charge in [0.15, 0.2) is 5.69 Å². The molecule has 4 rings (SSSR count). The molecule has 3 aromatic rings. The number of benzene rings is 2. The molecule has 2 heterocycles. The molecular formula is C25H28Cl2N4O. The molecule has 1 aliphatic rings. The second-order valence-corrected chi connectivity index (χ2v) is 9.25. The molecule has 2 aromatic carbocycles. The van der Waals surface area contributed by atoms with Crippen molar-refractivity contribution in [2.75, 3.05) is 13.1 Å². The molecule has 0 bridgehead atoms. The summed E-state index contributed by atoms with van der Waals surface area (Å²) in [7, 11) is 0. The molecular weight excluding hydrogens is 443 g/mol. The molecule has 1 aliphatic heterocycles. The zero-order valence-corrected chi connectivity index (χ0v) is 20.0. The third-order valence-corrected chi connectivity index (χ3v) is 6.28. The number of nitrogens with zero attached hydrogens (tertiary/aromatic N) is 3. The van der Waals surface area contributed by atoms with Crippen LogP contribution in [0.3, 0.4) is 0 Å². The predicted octanol–water partition coefficient (Wildman–Crippen LogP) is 5.97. The highest BCUT2D eigenvalue weighted by atomic mass is 35.5. The number of halogens is 2. The summed E-state index contributed by atoms with van der Waals surface area (Å²) >= 11 is 12.7. The van der Waals surface area contributed by atoms with E-state index in [4.69, 9.17) is 28.2 Å². The number of nitrogens with one attached hydrogen (secondary N) is 1. The van der Waals surface area contributed by atoms with E-state index in [0.29, 0.717) is 28.1 Å². The van der Waals surface area contributed by atoms with Gasteiger partial charge in [-0.25, -0.2) is 4.98 Å². The van der Waals surface area contributed by atoms with Gasteiger partial charge < -0.3 is 10.2 Å². The van der Waals surface area contributed by atoms with E-state index in [2.05, 4.69) is 19.2 Å². The molecule has 0 saturated carbocycles. The van der Waals surface area contributed by atoms with Crippen molar-refractivity contribution in [3.63, 3.8) is 0 Å². The Morgan fingerprint density at radius 3 is 2.38 bits per heavy atom. The van der Waals surface area contributed by atoms with E-state index in [1.165, 1.54) is 0 Å². The van der Waals surface area contributed by atoms with Gasteiger partial charge in [-0.05, 0) is 55.7 Å². The SMILES string of the molecule is CC(C)NCc1c(C(=O)N2CCCCC2)nc(-c2ccccc2Cl)n1-c1ccc(Cl)cc1. The summed E-state index contributed by atoms with van der Waals surface area (Å²) in [6, 6.07) is 15.4. The molecule has 1 amide bonds. The molecule has 0 atom stereocenters. The topological polar surface area (TPSA) is 50.2 Å². The van der Waals surface area contributed by atoms with Crippen LogP contribution in [-0.2, 0) is 6.54 Å². The molecule has 168 valence electrons. The third kappa shape index (κ3) is 4.85. The van der Waals surface area contributed by atoms with E-state index >= 15 is 0 Å². The first-order valence-corrected chi connectivity index (χ1v) is 11.9. The number of aromatic nitrogens is 2. The number of imidazole rings is 1.